The number of benzene rings is 2. The summed E-state index contributed by atoms with van der Waals surface area (Å²) < 4.78 is 11.2. The number of rotatable bonds is 10. The second kappa shape index (κ2) is 9.60. The van der Waals surface area contributed by atoms with Crippen LogP contribution in [0.2, 0.25) is 0 Å². The van der Waals surface area contributed by atoms with Gasteiger partial charge in [-0.25, -0.2) is 4.79 Å². The second-order valence-electron chi connectivity index (χ2n) is 5.77. The summed E-state index contributed by atoms with van der Waals surface area (Å²) in [7, 11) is 0. The van der Waals surface area contributed by atoms with Gasteiger partial charge < -0.3 is 14.6 Å². The van der Waals surface area contributed by atoms with Crippen molar-refractivity contribution >= 4 is 5.97 Å². The van der Waals surface area contributed by atoms with Gasteiger partial charge >= 0.3 is 5.97 Å². The average molecular weight is 328 g/mol. The first-order valence-electron chi connectivity index (χ1n) is 8.29. The molecule has 0 aliphatic carbocycles. The normalized spacial score (nSPS) is 11.7. The highest BCUT2D eigenvalue weighted by molar-refractivity contribution is 5.72. The highest BCUT2D eigenvalue weighted by atomic mass is 16.5. The summed E-state index contributed by atoms with van der Waals surface area (Å²) in [5, 5.41) is 9.29. The van der Waals surface area contributed by atoms with E-state index in [0.717, 1.165) is 30.6 Å². The maximum atomic E-state index is 11.3. The largest absolute Gasteiger partial charge is 0.494 e. The highest BCUT2D eigenvalue weighted by Gasteiger charge is 2.18. The molecule has 0 amide bonds. The zero-order chi connectivity index (χ0) is 17.2. The minimum absolute atomic E-state index is 0.495. The van der Waals surface area contributed by atoms with Crippen LogP contribution in [0.3, 0.4) is 0 Å². The van der Waals surface area contributed by atoms with Crippen LogP contribution in [0.15, 0.2) is 54.6 Å². The van der Waals surface area contributed by atoms with Gasteiger partial charge in [0, 0.05) is 0 Å². The molecule has 1 N–H and O–H groups in total. The zero-order valence-electron chi connectivity index (χ0n) is 14.0. The molecule has 4 heteroatoms. The van der Waals surface area contributed by atoms with Crippen molar-refractivity contribution in [2.75, 3.05) is 6.61 Å². The number of carboxylic acid groups (broad SMARTS) is 1. The Hall–Kier alpha value is -2.49. The Morgan fingerprint density at radius 3 is 2.33 bits per heavy atom. The summed E-state index contributed by atoms with van der Waals surface area (Å²) in [6.07, 6.45) is 2.29. The Kier molecular flexibility index (Phi) is 7.15. The van der Waals surface area contributed by atoms with E-state index in [0.29, 0.717) is 18.8 Å². The summed E-state index contributed by atoms with van der Waals surface area (Å²) in [5.41, 5.74) is 1.12. The van der Waals surface area contributed by atoms with Crippen molar-refractivity contribution in [1.82, 2.24) is 0 Å². The summed E-state index contributed by atoms with van der Waals surface area (Å²) in [6, 6.07) is 17.1. The molecule has 128 valence electrons. The van der Waals surface area contributed by atoms with Crippen LogP contribution in [-0.2, 0) is 4.79 Å². The van der Waals surface area contributed by atoms with Crippen LogP contribution in [0.4, 0.5) is 0 Å². The van der Waals surface area contributed by atoms with Crippen molar-refractivity contribution in [3.05, 3.63) is 60.2 Å². The number of aliphatic carboxylic acids is 1. The van der Waals surface area contributed by atoms with Crippen LogP contribution < -0.4 is 9.47 Å². The van der Waals surface area contributed by atoms with E-state index in [2.05, 4.69) is 0 Å². The second-order valence-corrected chi connectivity index (χ2v) is 5.77. The lowest BCUT2D eigenvalue weighted by atomic mass is 10.1. The summed E-state index contributed by atoms with van der Waals surface area (Å²) >= 11 is 0. The van der Waals surface area contributed by atoms with Crippen LogP contribution in [0.25, 0.3) is 0 Å². The van der Waals surface area contributed by atoms with Gasteiger partial charge in [0.2, 0.25) is 0 Å². The number of carbonyl (C=O) groups is 1. The van der Waals surface area contributed by atoms with Gasteiger partial charge in [0.05, 0.1) is 6.61 Å². The molecular formula is C20H24O4. The van der Waals surface area contributed by atoms with E-state index in [1.807, 2.05) is 49.4 Å². The Morgan fingerprint density at radius 2 is 1.67 bits per heavy atom. The van der Waals surface area contributed by atoms with Crippen molar-refractivity contribution in [3.63, 3.8) is 0 Å². The molecular weight excluding hydrogens is 304 g/mol. The molecule has 2 aromatic rings. The number of aryl methyl sites for hydroxylation is 1. The minimum Gasteiger partial charge on any atom is -0.494 e. The third-order valence-corrected chi connectivity index (χ3v) is 3.70. The molecule has 0 aromatic heterocycles. The third-order valence-electron chi connectivity index (χ3n) is 3.70. The van der Waals surface area contributed by atoms with Gasteiger partial charge in [-0.3, -0.25) is 0 Å². The Balaban J connectivity index is 1.66. The van der Waals surface area contributed by atoms with Gasteiger partial charge in [-0.05, 0) is 56.9 Å². The molecule has 0 heterocycles. The van der Waals surface area contributed by atoms with Gasteiger partial charge in [-0.2, -0.15) is 0 Å². The summed E-state index contributed by atoms with van der Waals surface area (Å²) in [5.74, 6) is 0.542. The van der Waals surface area contributed by atoms with E-state index in [9.17, 15) is 9.90 Å². The Labute approximate surface area is 143 Å². The van der Waals surface area contributed by atoms with E-state index in [-0.39, 0.29) is 0 Å². The zero-order valence-corrected chi connectivity index (χ0v) is 14.0. The van der Waals surface area contributed by atoms with Crippen molar-refractivity contribution in [2.45, 2.75) is 38.7 Å². The van der Waals surface area contributed by atoms with Crippen molar-refractivity contribution in [2.24, 2.45) is 0 Å². The molecule has 1 unspecified atom stereocenters. The third kappa shape index (κ3) is 6.32. The number of carboxylic acids is 1. The van der Waals surface area contributed by atoms with Gasteiger partial charge in [0.25, 0.3) is 0 Å². The molecule has 0 saturated carbocycles. The van der Waals surface area contributed by atoms with Crippen LogP contribution in [0, 0.1) is 6.92 Å². The fourth-order valence-corrected chi connectivity index (χ4v) is 2.33. The first-order chi connectivity index (χ1) is 11.6. The molecule has 0 aliphatic rings. The SMILES string of the molecule is Cc1ccc(OC(CCCCCOc2ccccc2)C(=O)O)cc1. The molecule has 24 heavy (non-hydrogen) atoms. The monoisotopic (exact) mass is 328 g/mol. The number of unbranched alkanes of at least 4 members (excludes halogenated alkanes) is 2. The molecule has 0 saturated heterocycles. The maximum absolute atomic E-state index is 11.3. The molecule has 0 spiro atoms. The van der Waals surface area contributed by atoms with Crippen LogP contribution in [0.1, 0.15) is 31.2 Å². The molecule has 4 nitrogen and oxygen atoms in total. The number of hydrogen-bond acceptors (Lipinski definition) is 3. The standard InChI is InChI=1S/C20H24O4/c1-16-11-13-18(14-12-16)24-19(20(21)22)10-6-3-7-15-23-17-8-4-2-5-9-17/h2,4-5,8-9,11-14,19H,3,6-7,10,15H2,1H3,(H,21,22). The Morgan fingerprint density at radius 1 is 0.958 bits per heavy atom. The van der Waals surface area contributed by atoms with E-state index >= 15 is 0 Å². The van der Waals surface area contributed by atoms with Crippen LogP contribution in [0.5, 0.6) is 11.5 Å². The number of ether oxygens (including phenoxy) is 2. The summed E-state index contributed by atoms with van der Waals surface area (Å²) in [6.45, 7) is 2.62. The molecule has 0 fully saturated rings. The van der Waals surface area contributed by atoms with Gasteiger partial charge in [0.1, 0.15) is 11.5 Å². The van der Waals surface area contributed by atoms with E-state index < -0.39 is 12.1 Å². The molecule has 1 atom stereocenters. The molecule has 0 bridgehead atoms. The number of hydrogen-bond donors (Lipinski definition) is 1. The lowest BCUT2D eigenvalue weighted by Gasteiger charge is -2.15. The molecule has 0 radical (unpaired) electrons. The van der Waals surface area contributed by atoms with Crippen molar-refractivity contribution < 1.29 is 19.4 Å². The quantitative estimate of drug-likeness (QED) is 0.654. The highest BCUT2D eigenvalue weighted by Crippen LogP contribution is 2.17. The Bertz CT molecular complexity index is 607. The van der Waals surface area contributed by atoms with E-state index in [4.69, 9.17) is 9.47 Å². The predicted octanol–water partition coefficient (Wildman–Crippen LogP) is 4.47. The maximum Gasteiger partial charge on any atom is 0.344 e. The number of para-hydroxylation sites is 1. The van der Waals surface area contributed by atoms with Crippen LogP contribution >= 0.6 is 0 Å². The molecule has 2 aromatic carbocycles. The van der Waals surface area contributed by atoms with E-state index in [1.54, 1.807) is 12.1 Å². The first-order valence-corrected chi connectivity index (χ1v) is 8.29. The predicted molar refractivity (Wildman–Crippen MR) is 93.6 cm³/mol. The van der Waals surface area contributed by atoms with Crippen molar-refractivity contribution in [1.29, 1.82) is 0 Å². The fraction of sp³-hybridized carbons (Fsp3) is 0.350. The molecule has 2 rings (SSSR count). The first kappa shape index (κ1) is 17.9. The fourth-order valence-electron chi connectivity index (χ4n) is 2.33. The lowest BCUT2D eigenvalue weighted by Crippen LogP contribution is -2.26. The van der Waals surface area contributed by atoms with E-state index in [1.165, 1.54) is 0 Å². The van der Waals surface area contributed by atoms with Gasteiger partial charge in [-0.1, -0.05) is 35.9 Å². The van der Waals surface area contributed by atoms with Gasteiger partial charge in [0.15, 0.2) is 6.10 Å². The van der Waals surface area contributed by atoms with Crippen LogP contribution in [-0.4, -0.2) is 23.8 Å². The average Bonchev–Trinajstić information content (AvgIpc) is 2.59. The smallest absolute Gasteiger partial charge is 0.344 e. The summed E-state index contributed by atoms with van der Waals surface area (Å²) in [4.78, 5) is 11.3. The minimum atomic E-state index is -0.920. The topological polar surface area (TPSA) is 55.8 Å². The lowest BCUT2D eigenvalue weighted by molar-refractivity contribution is -0.145. The molecule has 0 aliphatic heterocycles. The van der Waals surface area contributed by atoms with Crippen molar-refractivity contribution in [3.8, 4) is 11.5 Å². The van der Waals surface area contributed by atoms with Gasteiger partial charge in [-0.15, -0.1) is 0 Å².